The standard InChI is InChI=1S/C20H18FN3O2/c1-26-17-9-7-16(8-10-17)24-20(25)15-6-11-19(23-13-15)22-12-14-4-2-3-5-18(14)21/h2-11,13H,12H2,1H3,(H,22,23)(H,24,25). The first-order valence-corrected chi connectivity index (χ1v) is 8.04. The van der Waals surface area contributed by atoms with Gasteiger partial charge < -0.3 is 15.4 Å². The lowest BCUT2D eigenvalue weighted by molar-refractivity contribution is 0.102. The van der Waals surface area contributed by atoms with Crippen LogP contribution in [0.2, 0.25) is 0 Å². The van der Waals surface area contributed by atoms with Crippen molar-refractivity contribution in [2.75, 3.05) is 17.7 Å². The predicted molar refractivity (Wildman–Crippen MR) is 98.9 cm³/mol. The first-order chi connectivity index (χ1) is 12.7. The molecule has 0 bridgehead atoms. The minimum absolute atomic E-state index is 0.261. The second kappa shape index (κ2) is 8.11. The van der Waals surface area contributed by atoms with Gasteiger partial charge in [0.25, 0.3) is 5.91 Å². The molecule has 0 aliphatic rings. The van der Waals surface area contributed by atoms with E-state index in [4.69, 9.17) is 4.74 Å². The van der Waals surface area contributed by atoms with Gasteiger partial charge in [0.05, 0.1) is 12.7 Å². The number of nitrogens with zero attached hydrogens (tertiary/aromatic N) is 1. The van der Waals surface area contributed by atoms with E-state index in [1.54, 1.807) is 61.7 Å². The van der Waals surface area contributed by atoms with Crippen molar-refractivity contribution >= 4 is 17.4 Å². The third-order valence-electron chi connectivity index (χ3n) is 3.79. The van der Waals surface area contributed by atoms with Crippen LogP contribution >= 0.6 is 0 Å². The first-order valence-electron chi connectivity index (χ1n) is 8.04. The van der Waals surface area contributed by atoms with Crippen molar-refractivity contribution in [2.24, 2.45) is 0 Å². The fourth-order valence-corrected chi connectivity index (χ4v) is 2.34. The number of carbonyl (C=O) groups is 1. The van der Waals surface area contributed by atoms with Crippen molar-refractivity contribution in [1.82, 2.24) is 4.98 Å². The van der Waals surface area contributed by atoms with Crippen LogP contribution in [0.1, 0.15) is 15.9 Å². The van der Waals surface area contributed by atoms with E-state index in [9.17, 15) is 9.18 Å². The molecule has 0 unspecified atom stereocenters. The van der Waals surface area contributed by atoms with Gasteiger partial charge in [0, 0.05) is 24.0 Å². The van der Waals surface area contributed by atoms with Gasteiger partial charge in [-0.05, 0) is 42.5 Å². The van der Waals surface area contributed by atoms with Crippen LogP contribution in [0, 0.1) is 5.82 Å². The van der Waals surface area contributed by atoms with Crippen LogP contribution in [0.3, 0.4) is 0 Å². The Morgan fingerprint density at radius 1 is 1.08 bits per heavy atom. The quantitative estimate of drug-likeness (QED) is 0.702. The topological polar surface area (TPSA) is 63.2 Å². The number of methoxy groups -OCH3 is 1. The zero-order valence-corrected chi connectivity index (χ0v) is 14.2. The Morgan fingerprint density at radius 3 is 2.50 bits per heavy atom. The summed E-state index contributed by atoms with van der Waals surface area (Å²) >= 11 is 0. The minimum Gasteiger partial charge on any atom is -0.497 e. The summed E-state index contributed by atoms with van der Waals surface area (Å²) in [7, 11) is 1.58. The van der Waals surface area contributed by atoms with Gasteiger partial charge in [-0.1, -0.05) is 18.2 Å². The van der Waals surface area contributed by atoms with Crippen LogP contribution in [-0.2, 0) is 6.54 Å². The normalized spacial score (nSPS) is 10.2. The van der Waals surface area contributed by atoms with Crippen molar-refractivity contribution in [3.63, 3.8) is 0 Å². The molecule has 0 aliphatic heterocycles. The summed E-state index contributed by atoms with van der Waals surface area (Å²) in [5, 5.41) is 5.82. The number of halogens is 1. The Bertz CT molecular complexity index is 880. The molecule has 3 rings (SSSR count). The molecule has 26 heavy (non-hydrogen) atoms. The SMILES string of the molecule is COc1ccc(NC(=O)c2ccc(NCc3ccccc3F)nc2)cc1. The van der Waals surface area contributed by atoms with E-state index in [0.29, 0.717) is 29.2 Å². The highest BCUT2D eigenvalue weighted by Crippen LogP contribution is 2.16. The number of ether oxygens (including phenoxy) is 1. The third-order valence-corrected chi connectivity index (χ3v) is 3.79. The number of pyridine rings is 1. The second-order valence-corrected chi connectivity index (χ2v) is 5.56. The lowest BCUT2D eigenvalue weighted by atomic mass is 10.2. The zero-order chi connectivity index (χ0) is 18.4. The average molecular weight is 351 g/mol. The van der Waals surface area contributed by atoms with Crippen molar-refractivity contribution < 1.29 is 13.9 Å². The summed E-state index contributed by atoms with van der Waals surface area (Å²) in [6.45, 7) is 0.317. The molecule has 0 radical (unpaired) electrons. The predicted octanol–water partition coefficient (Wildman–Crippen LogP) is 4.09. The smallest absolute Gasteiger partial charge is 0.257 e. The Labute approximate surface area is 150 Å². The number of hydrogen-bond acceptors (Lipinski definition) is 4. The van der Waals surface area contributed by atoms with Gasteiger partial charge in [-0.25, -0.2) is 9.37 Å². The molecule has 3 aromatic rings. The Balaban J connectivity index is 1.59. The maximum Gasteiger partial charge on any atom is 0.257 e. The van der Waals surface area contributed by atoms with Crippen molar-refractivity contribution in [3.8, 4) is 5.75 Å². The van der Waals surface area contributed by atoms with Gasteiger partial charge in [0.15, 0.2) is 0 Å². The van der Waals surface area contributed by atoms with E-state index in [2.05, 4.69) is 15.6 Å². The maximum absolute atomic E-state index is 13.6. The molecule has 1 aromatic heterocycles. The van der Waals surface area contributed by atoms with E-state index in [1.807, 2.05) is 0 Å². The Kier molecular flexibility index (Phi) is 5.43. The molecule has 1 amide bonds. The van der Waals surface area contributed by atoms with E-state index in [1.165, 1.54) is 12.3 Å². The molecule has 132 valence electrons. The van der Waals surface area contributed by atoms with Gasteiger partial charge in [-0.3, -0.25) is 4.79 Å². The Hall–Kier alpha value is -3.41. The van der Waals surface area contributed by atoms with E-state index < -0.39 is 0 Å². The lowest BCUT2D eigenvalue weighted by Gasteiger charge is -2.08. The van der Waals surface area contributed by atoms with Gasteiger partial charge in [-0.2, -0.15) is 0 Å². The summed E-state index contributed by atoms with van der Waals surface area (Å²) < 4.78 is 18.7. The number of amides is 1. The first kappa shape index (κ1) is 17.4. The highest BCUT2D eigenvalue weighted by atomic mass is 19.1. The lowest BCUT2D eigenvalue weighted by Crippen LogP contribution is -2.12. The molecule has 5 nitrogen and oxygen atoms in total. The highest BCUT2D eigenvalue weighted by molar-refractivity contribution is 6.04. The number of anilines is 2. The van der Waals surface area contributed by atoms with E-state index in [0.717, 1.165) is 5.75 Å². The number of benzene rings is 2. The fraction of sp³-hybridized carbons (Fsp3) is 0.100. The molecular formula is C20H18FN3O2. The molecule has 1 heterocycles. The number of carbonyl (C=O) groups excluding carboxylic acids is 1. The largest absolute Gasteiger partial charge is 0.497 e. The summed E-state index contributed by atoms with van der Waals surface area (Å²) in [6.07, 6.45) is 1.47. The molecule has 0 saturated heterocycles. The van der Waals surface area contributed by atoms with Crippen LogP contribution in [-0.4, -0.2) is 18.0 Å². The monoisotopic (exact) mass is 351 g/mol. The zero-order valence-electron chi connectivity index (χ0n) is 14.2. The third kappa shape index (κ3) is 4.36. The van der Waals surface area contributed by atoms with Crippen LogP contribution < -0.4 is 15.4 Å². The number of aromatic nitrogens is 1. The fourth-order valence-electron chi connectivity index (χ4n) is 2.34. The number of rotatable bonds is 6. The summed E-state index contributed by atoms with van der Waals surface area (Å²) in [6, 6.07) is 16.9. The van der Waals surface area contributed by atoms with Crippen LogP contribution in [0.4, 0.5) is 15.9 Å². The molecule has 0 aliphatic carbocycles. The molecular weight excluding hydrogens is 333 g/mol. The highest BCUT2D eigenvalue weighted by Gasteiger charge is 2.07. The molecule has 6 heteroatoms. The number of hydrogen-bond donors (Lipinski definition) is 2. The summed E-state index contributed by atoms with van der Waals surface area (Å²) in [5.74, 6) is 0.753. The van der Waals surface area contributed by atoms with Crippen molar-refractivity contribution in [1.29, 1.82) is 0 Å². The molecule has 0 fully saturated rings. The Morgan fingerprint density at radius 2 is 1.85 bits per heavy atom. The molecule has 0 spiro atoms. The van der Waals surface area contributed by atoms with Crippen LogP contribution in [0.15, 0.2) is 66.9 Å². The van der Waals surface area contributed by atoms with Crippen LogP contribution in [0.5, 0.6) is 5.75 Å². The van der Waals surface area contributed by atoms with Gasteiger partial charge in [0.2, 0.25) is 0 Å². The minimum atomic E-state index is -0.268. The second-order valence-electron chi connectivity index (χ2n) is 5.56. The molecule has 0 atom stereocenters. The van der Waals surface area contributed by atoms with Gasteiger partial charge in [0.1, 0.15) is 17.4 Å². The summed E-state index contributed by atoms with van der Waals surface area (Å²) in [4.78, 5) is 16.5. The molecule has 0 saturated carbocycles. The van der Waals surface area contributed by atoms with Gasteiger partial charge >= 0.3 is 0 Å². The van der Waals surface area contributed by atoms with E-state index in [-0.39, 0.29) is 11.7 Å². The van der Waals surface area contributed by atoms with Crippen molar-refractivity contribution in [3.05, 3.63) is 83.8 Å². The molecule has 2 N–H and O–H groups in total. The molecule has 2 aromatic carbocycles. The van der Waals surface area contributed by atoms with Gasteiger partial charge in [-0.15, -0.1) is 0 Å². The maximum atomic E-state index is 13.6. The van der Waals surface area contributed by atoms with Crippen molar-refractivity contribution in [2.45, 2.75) is 6.54 Å². The number of nitrogens with one attached hydrogen (secondary N) is 2. The van der Waals surface area contributed by atoms with E-state index >= 15 is 0 Å². The summed E-state index contributed by atoms with van der Waals surface area (Å²) in [5.41, 5.74) is 1.64. The van der Waals surface area contributed by atoms with Crippen LogP contribution in [0.25, 0.3) is 0 Å². The average Bonchev–Trinajstić information content (AvgIpc) is 2.68.